The molecule has 1 nitrogen and oxygen atoms in total. The number of alkyl halides is 3. The van der Waals surface area contributed by atoms with E-state index in [-0.39, 0.29) is 12.5 Å². The summed E-state index contributed by atoms with van der Waals surface area (Å²) in [6.07, 6.45) is 0.538. The van der Waals surface area contributed by atoms with E-state index in [0.717, 1.165) is 24.8 Å². The summed E-state index contributed by atoms with van der Waals surface area (Å²) in [5, 5.41) is 2.95. The first-order valence-electron chi connectivity index (χ1n) is 4.96. The number of likely N-dealkylation sites (N-methyl/N-ethyl adjacent to an activating group) is 1. The molecule has 0 aromatic carbocycles. The summed E-state index contributed by atoms with van der Waals surface area (Å²) < 4.78 is 36.0. The van der Waals surface area contributed by atoms with E-state index in [2.05, 4.69) is 11.4 Å². The van der Waals surface area contributed by atoms with Crippen LogP contribution in [0.3, 0.4) is 0 Å². The SMILES string of the molecule is CNC(CCC(F)(F)F)C1=CCCC1. The van der Waals surface area contributed by atoms with Gasteiger partial charge in [0.2, 0.25) is 0 Å². The lowest BCUT2D eigenvalue weighted by molar-refractivity contribution is -0.136. The van der Waals surface area contributed by atoms with Crippen molar-refractivity contribution in [2.45, 2.75) is 44.3 Å². The second kappa shape index (κ2) is 4.82. The van der Waals surface area contributed by atoms with E-state index in [0.29, 0.717) is 0 Å². The van der Waals surface area contributed by atoms with Crippen LogP contribution in [0.1, 0.15) is 32.1 Å². The maximum absolute atomic E-state index is 12.0. The van der Waals surface area contributed by atoms with Gasteiger partial charge in [-0.3, -0.25) is 0 Å². The van der Waals surface area contributed by atoms with Crippen LogP contribution in [-0.2, 0) is 0 Å². The van der Waals surface area contributed by atoms with Gasteiger partial charge in [-0.1, -0.05) is 11.6 Å². The monoisotopic (exact) mass is 207 g/mol. The van der Waals surface area contributed by atoms with E-state index >= 15 is 0 Å². The zero-order chi connectivity index (χ0) is 10.6. The fourth-order valence-electron chi connectivity index (χ4n) is 1.84. The topological polar surface area (TPSA) is 12.0 Å². The molecular formula is C10H16F3N. The second-order valence-electron chi connectivity index (χ2n) is 3.67. The third-order valence-electron chi connectivity index (χ3n) is 2.59. The third-order valence-corrected chi connectivity index (χ3v) is 2.59. The standard InChI is InChI=1S/C10H16F3N/c1-14-9(6-7-10(11,12)13)8-4-2-3-5-8/h4,9,14H,2-3,5-7H2,1H3. The lowest BCUT2D eigenvalue weighted by Gasteiger charge is -2.18. The van der Waals surface area contributed by atoms with Gasteiger partial charge in [-0.2, -0.15) is 13.2 Å². The quantitative estimate of drug-likeness (QED) is 0.699. The minimum Gasteiger partial charge on any atom is -0.313 e. The second-order valence-corrected chi connectivity index (χ2v) is 3.67. The largest absolute Gasteiger partial charge is 0.389 e. The normalized spacial score (nSPS) is 19.6. The fraction of sp³-hybridized carbons (Fsp3) is 0.800. The Morgan fingerprint density at radius 1 is 1.50 bits per heavy atom. The maximum atomic E-state index is 12.0. The van der Waals surface area contributed by atoms with Gasteiger partial charge in [0.25, 0.3) is 0 Å². The molecule has 1 unspecified atom stereocenters. The molecule has 1 aliphatic carbocycles. The van der Waals surface area contributed by atoms with Crippen molar-refractivity contribution in [3.8, 4) is 0 Å². The molecule has 1 N–H and O–H groups in total. The molecule has 0 amide bonds. The Labute approximate surface area is 82.4 Å². The molecule has 0 aromatic rings. The van der Waals surface area contributed by atoms with Gasteiger partial charge in [-0.15, -0.1) is 0 Å². The Kier molecular flexibility index (Phi) is 3.98. The summed E-state index contributed by atoms with van der Waals surface area (Å²) in [6.45, 7) is 0. The Bertz CT molecular complexity index is 208. The minimum absolute atomic E-state index is 0.0841. The van der Waals surface area contributed by atoms with Crippen molar-refractivity contribution in [1.82, 2.24) is 5.32 Å². The van der Waals surface area contributed by atoms with Crippen molar-refractivity contribution in [3.05, 3.63) is 11.6 Å². The van der Waals surface area contributed by atoms with Crippen molar-refractivity contribution >= 4 is 0 Å². The van der Waals surface area contributed by atoms with Crippen LogP contribution in [0.15, 0.2) is 11.6 Å². The van der Waals surface area contributed by atoms with E-state index in [1.54, 1.807) is 7.05 Å². The summed E-state index contributed by atoms with van der Waals surface area (Å²) in [6, 6.07) is -0.0841. The van der Waals surface area contributed by atoms with Gasteiger partial charge in [0.05, 0.1) is 0 Å². The predicted octanol–water partition coefficient (Wildman–Crippen LogP) is 3.03. The smallest absolute Gasteiger partial charge is 0.313 e. The number of halogens is 3. The number of allylic oxidation sites excluding steroid dienone is 1. The number of nitrogens with one attached hydrogen (secondary N) is 1. The van der Waals surface area contributed by atoms with E-state index in [9.17, 15) is 13.2 Å². The van der Waals surface area contributed by atoms with Gasteiger partial charge >= 0.3 is 6.18 Å². The summed E-state index contributed by atoms with van der Waals surface area (Å²) in [5.41, 5.74) is 1.15. The molecule has 0 spiro atoms. The minimum atomic E-state index is -4.03. The summed E-state index contributed by atoms with van der Waals surface area (Å²) in [5.74, 6) is 0. The van der Waals surface area contributed by atoms with Crippen molar-refractivity contribution < 1.29 is 13.2 Å². The zero-order valence-corrected chi connectivity index (χ0v) is 8.32. The summed E-state index contributed by atoms with van der Waals surface area (Å²) in [4.78, 5) is 0. The highest BCUT2D eigenvalue weighted by molar-refractivity contribution is 5.14. The predicted molar refractivity (Wildman–Crippen MR) is 50.1 cm³/mol. The first-order chi connectivity index (χ1) is 6.53. The summed E-state index contributed by atoms with van der Waals surface area (Å²) >= 11 is 0. The Morgan fingerprint density at radius 3 is 2.64 bits per heavy atom. The fourth-order valence-corrected chi connectivity index (χ4v) is 1.84. The molecule has 1 aliphatic rings. The average Bonchev–Trinajstić information content (AvgIpc) is 2.56. The Morgan fingerprint density at radius 2 is 2.21 bits per heavy atom. The van der Waals surface area contributed by atoms with E-state index in [4.69, 9.17) is 0 Å². The van der Waals surface area contributed by atoms with Gasteiger partial charge < -0.3 is 5.32 Å². The Balaban J connectivity index is 2.39. The number of rotatable bonds is 4. The van der Waals surface area contributed by atoms with Gasteiger partial charge in [-0.25, -0.2) is 0 Å². The molecule has 0 aliphatic heterocycles. The van der Waals surface area contributed by atoms with Crippen LogP contribution in [-0.4, -0.2) is 19.3 Å². The molecule has 82 valence electrons. The van der Waals surface area contributed by atoms with Gasteiger partial charge in [0, 0.05) is 12.5 Å². The van der Waals surface area contributed by atoms with E-state index < -0.39 is 12.6 Å². The molecule has 0 fully saturated rings. The average molecular weight is 207 g/mol. The maximum Gasteiger partial charge on any atom is 0.389 e. The van der Waals surface area contributed by atoms with Gasteiger partial charge in [0.1, 0.15) is 0 Å². The highest BCUT2D eigenvalue weighted by Gasteiger charge is 2.29. The first kappa shape index (κ1) is 11.6. The van der Waals surface area contributed by atoms with Crippen LogP contribution in [0.2, 0.25) is 0 Å². The van der Waals surface area contributed by atoms with Crippen LogP contribution >= 0.6 is 0 Å². The third kappa shape index (κ3) is 3.70. The van der Waals surface area contributed by atoms with Gasteiger partial charge in [-0.05, 0) is 32.7 Å². The molecule has 0 saturated carbocycles. The molecule has 0 saturated heterocycles. The lowest BCUT2D eigenvalue weighted by atomic mass is 10.0. The highest BCUT2D eigenvalue weighted by atomic mass is 19.4. The Hall–Kier alpha value is -0.510. The molecular weight excluding hydrogens is 191 g/mol. The highest BCUT2D eigenvalue weighted by Crippen LogP contribution is 2.27. The molecule has 1 atom stereocenters. The molecule has 14 heavy (non-hydrogen) atoms. The van der Waals surface area contributed by atoms with Crippen LogP contribution in [0, 0.1) is 0 Å². The van der Waals surface area contributed by atoms with Crippen molar-refractivity contribution in [2.24, 2.45) is 0 Å². The van der Waals surface area contributed by atoms with Crippen LogP contribution in [0.5, 0.6) is 0 Å². The van der Waals surface area contributed by atoms with E-state index in [1.807, 2.05) is 0 Å². The molecule has 0 aromatic heterocycles. The van der Waals surface area contributed by atoms with Crippen molar-refractivity contribution in [1.29, 1.82) is 0 Å². The number of hydrogen-bond donors (Lipinski definition) is 1. The number of hydrogen-bond acceptors (Lipinski definition) is 1. The van der Waals surface area contributed by atoms with Crippen LogP contribution < -0.4 is 5.32 Å². The van der Waals surface area contributed by atoms with Crippen LogP contribution in [0.25, 0.3) is 0 Å². The van der Waals surface area contributed by atoms with Crippen LogP contribution in [0.4, 0.5) is 13.2 Å². The summed E-state index contributed by atoms with van der Waals surface area (Å²) in [7, 11) is 1.72. The van der Waals surface area contributed by atoms with E-state index in [1.165, 1.54) is 0 Å². The molecule has 0 radical (unpaired) electrons. The van der Waals surface area contributed by atoms with Gasteiger partial charge in [0.15, 0.2) is 0 Å². The zero-order valence-electron chi connectivity index (χ0n) is 8.32. The molecule has 1 rings (SSSR count). The molecule has 0 bridgehead atoms. The molecule has 0 heterocycles. The molecule has 4 heteroatoms. The van der Waals surface area contributed by atoms with Crippen molar-refractivity contribution in [3.63, 3.8) is 0 Å². The first-order valence-corrected chi connectivity index (χ1v) is 4.96. The lowest BCUT2D eigenvalue weighted by Crippen LogP contribution is -2.28. The van der Waals surface area contributed by atoms with Crippen molar-refractivity contribution in [2.75, 3.05) is 7.05 Å².